The third-order valence-electron chi connectivity index (χ3n) is 4.13. The van der Waals surface area contributed by atoms with E-state index in [-0.39, 0.29) is 12.3 Å². The number of ketones is 1. The molecule has 1 saturated heterocycles. The highest BCUT2D eigenvalue weighted by Gasteiger charge is 2.32. The fraction of sp³-hybridized carbons (Fsp3) is 0.375. The summed E-state index contributed by atoms with van der Waals surface area (Å²) in [5, 5.41) is 0. The van der Waals surface area contributed by atoms with Crippen molar-refractivity contribution in [3.8, 4) is 0 Å². The summed E-state index contributed by atoms with van der Waals surface area (Å²) in [5.41, 5.74) is -0.429. The zero-order valence-electron chi connectivity index (χ0n) is 13.1. The molecule has 2 aromatic heterocycles. The zero-order chi connectivity index (χ0) is 17.3. The molecule has 126 valence electrons. The van der Waals surface area contributed by atoms with Crippen molar-refractivity contribution < 1.29 is 18.4 Å². The second-order valence-electron chi connectivity index (χ2n) is 5.80. The van der Waals surface area contributed by atoms with Gasteiger partial charge in [-0.2, -0.15) is 0 Å². The van der Waals surface area contributed by atoms with Crippen LogP contribution in [0.4, 0.5) is 8.78 Å². The minimum atomic E-state index is -1.00. The molecule has 0 aromatic carbocycles. The van der Waals surface area contributed by atoms with Gasteiger partial charge in [0, 0.05) is 44.5 Å². The number of carbonyl (C=O) groups is 2. The van der Waals surface area contributed by atoms with Crippen LogP contribution < -0.4 is 0 Å². The van der Waals surface area contributed by atoms with E-state index in [1.807, 2.05) is 0 Å². The summed E-state index contributed by atoms with van der Waals surface area (Å²) in [6.07, 6.45) is 5.27. The third kappa shape index (κ3) is 3.04. The van der Waals surface area contributed by atoms with Gasteiger partial charge in [-0.3, -0.25) is 9.59 Å². The predicted octanol–water partition coefficient (Wildman–Crippen LogP) is 1.83. The monoisotopic (exact) mass is 334 g/mol. The van der Waals surface area contributed by atoms with Crippen LogP contribution in [0.15, 0.2) is 24.7 Å². The molecule has 1 aliphatic heterocycles. The minimum Gasteiger partial charge on any atom is -0.336 e. The fourth-order valence-corrected chi connectivity index (χ4v) is 2.88. The van der Waals surface area contributed by atoms with Crippen LogP contribution in [0.3, 0.4) is 0 Å². The van der Waals surface area contributed by atoms with Crippen molar-refractivity contribution in [2.75, 3.05) is 13.1 Å². The van der Waals surface area contributed by atoms with Crippen LogP contribution >= 0.6 is 0 Å². The summed E-state index contributed by atoms with van der Waals surface area (Å²) < 4.78 is 28.3. The lowest BCUT2D eigenvalue weighted by atomic mass is 9.93. The second-order valence-corrected chi connectivity index (χ2v) is 5.80. The number of hydrogen-bond donors (Lipinski definition) is 0. The minimum absolute atomic E-state index is 0.146. The van der Waals surface area contributed by atoms with Gasteiger partial charge in [0.1, 0.15) is 5.82 Å². The molecule has 1 amide bonds. The number of halogens is 2. The van der Waals surface area contributed by atoms with Crippen LogP contribution in [0.25, 0.3) is 0 Å². The number of rotatable bonds is 3. The predicted molar refractivity (Wildman–Crippen MR) is 80.3 cm³/mol. The lowest BCUT2D eigenvalue weighted by molar-refractivity contribution is 0.0624. The normalized spacial score (nSPS) is 17.8. The summed E-state index contributed by atoms with van der Waals surface area (Å²) >= 11 is 0. The van der Waals surface area contributed by atoms with Crippen LogP contribution in [0.5, 0.6) is 0 Å². The van der Waals surface area contributed by atoms with Gasteiger partial charge >= 0.3 is 0 Å². The van der Waals surface area contributed by atoms with Crippen molar-refractivity contribution in [3.05, 3.63) is 47.8 Å². The fourth-order valence-electron chi connectivity index (χ4n) is 2.88. The highest BCUT2D eigenvalue weighted by atomic mass is 19.1. The van der Waals surface area contributed by atoms with E-state index in [1.54, 1.807) is 17.8 Å². The first-order valence-corrected chi connectivity index (χ1v) is 7.59. The Morgan fingerprint density at radius 1 is 1.29 bits per heavy atom. The lowest BCUT2D eigenvalue weighted by Crippen LogP contribution is -2.43. The topological polar surface area (TPSA) is 68.1 Å². The van der Waals surface area contributed by atoms with Gasteiger partial charge < -0.3 is 9.47 Å². The number of hydrogen-bond acceptors (Lipinski definition) is 4. The van der Waals surface area contributed by atoms with Gasteiger partial charge in [0.15, 0.2) is 17.3 Å². The number of carbonyl (C=O) groups excluding carboxylic acids is 2. The van der Waals surface area contributed by atoms with Crippen molar-refractivity contribution in [1.82, 2.24) is 19.4 Å². The molecule has 1 aliphatic rings. The summed E-state index contributed by atoms with van der Waals surface area (Å²) in [7, 11) is 1.73. The maximum absolute atomic E-state index is 13.8. The smallest absolute Gasteiger partial charge is 0.275 e. The number of pyridine rings is 1. The molecule has 2 aromatic rings. The van der Waals surface area contributed by atoms with E-state index >= 15 is 0 Å². The number of aryl methyl sites for hydroxylation is 1. The highest BCUT2D eigenvalue weighted by Crippen LogP contribution is 2.22. The molecule has 1 atom stereocenters. The second kappa shape index (κ2) is 6.46. The molecule has 0 aliphatic carbocycles. The Kier molecular flexibility index (Phi) is 4.37. The van der Waals surface area contributed by atoms with E-state index in [0.717, 1.165) is 6.20 Å². The molecule has 1 fully saturated rings. The molecule has 6 nitrogen and oxygen atoms in total. The van der Waals surface area contributed by atoms with E-state index in [4.69, 9.17) is 0 Å². The average Bonchev–Trinajstić information content (AvgIpc) is 3.00. The molecule has 0 N–H and O–H groups in total. The first-order valence-electron chi connectivity index (χ1n) is 7.59. The molecule has 0 spiro atoms. The average molecular weight is 334 g/mol. The molecule has 0 radical (unpaired) electrons. The highest BCUT2D eigenvalue weighted by molar-refractivity contribution is 5.96. The number of piperidine rings is 1. The Hall–Kier alpha value is -2.64. The van der Waals surface area contributed by atoms with Crippen LogP contribution in [0, 0.1) is 17.6 Å². The summed E-state index contributed by atoms with van der Waals surface area (Å²) in [6, 6.07) is 0.626. The van der Waals surface area contributed by atoms with E-state index in [0.29, 0.717) is 31.3 Å². The number of nitrogens with zero attached hydrogens (tertiary/aromatic N) is 4. The summed E-state index contributed by atoms with van der Waals surface area (Å²) in [5.74, 6) is -2.69. The first-order chi connectivity index (χ1) is 11.5. The number of Topliss-reactive ketones (excluding diaryl/α,β-unsaturated/α-hetero) is 1. The molecular weight excluding hydrogens is 318 g/mol. The molecule has 3 heterocycles. The van der Waals surface area contributed by atoms with Gasteiger partial charge in [-0.1, -0.05) is 0 Å². The van der Waals surface area contributed by atoms with Crippen molar-refractivity contribution in [2.24, 2.45) is 13.0 Å². The number of imidazole rings is 1. The van der Waals surface area contributed by atoms with Crippen molar-refractivity contribution in [2.45, 2.75) is 12.8 Å². The Balaban J connectivity index is 1.77. The molecule has 24 heavy (non-hydrogen) atoms. The van der Waals surface area contributed by atoms with E-state index in [1.165, 1.54) is 11.1 Å². The molecule has 0 saturated carbocycles. The Morgan fingerprint density at radius 2 is 2.08 bits per heavy atom. The van der Waals surface area contributed by atoms with E-state index in [9.17, 15) is 18.4 Å². The molecule has 0 bridgehead atoms. The Labute approximate surface area is 137 Å². The van der Waals surface area contributed by atoms with Crippen LogP contribution in [-0.2, 0) is 7.05 Å². The van der Waals surface area contributed by atoms with Gasteiger partial charge in [0.25, 0.3) is 5.91 Å². The third-order valence-corrected chi connectivity index (χ3v) is 4.13. The van der Waals surface area contributed by atoms with Crippen molar-refractivity contribution in [3.63, 3.8) is 0 Å². The van der Waals surface area contributed by atoms with Gasteiger partial charge in [-0.15, -0.1) is 0 Å². The number of likely N-dealkylation sites (tertiary alicyclic amines) is 1. The van der Waals surface area contributed by atoms with Crippen molar-refractivity contribution >= 4 is 11.7 Å². The zero-order valence-corrected chi connectivity index (χ0v) is 13.1. The maximum Gasteiger partial charge on any atom is 0.275 e. The summed E-state index contributed by atoms with van der Waals surface area (Å²) in [6.45, 7) is 0.574. The van der Waals surface area contributed by atoms with Gasteiger partial charge in [-0.25, -0.2) is 18.7 Å². The van der Waals surface area contributed by atoms with Crippen LogP contribution in [0.2, 0.25) is 0 Å². The molecule has 3 rings (SSSR count). The number of aromatic nitrogens is 3. The van der Waals surface area contributed by atoms with Gasteiger partial charge in [0.05, 0.1) is 6.20 Å². The van der Waals surface area contributed by atoms with Gasteiger partial charge in [0.2, 0.25) is 5.78 Å². The van der Waals surface area contributed by atoms with Crippen LogP contribution in [0.1, 0.15) is 33.9 Å². The Morgan fingerprint density at radius 3 is 2.75 bits per heavy atom. The molecular formula is C16H16F2N4O2. The first kappa shape index (κ1) is 16.2. The van der Waals surface area contributed by atoms with Crippen LogP contribution in [-0.4, -0.2) is 44.2 Å². The number of amides is 1. The van der Waals surface area contributed by atoms with Crippen molar-refractivity contribution in [1.29, 1.82) is 0 Å². The van der Waals surface area contributed by atoms with E-state index in [2.05, 4.69) is 9.97 Å². The lowest BCUT2D eigenvalue weighted by Gasteiger charge is -2.31. The SMILES string of the molecule is Cn1ccnc1C(=O)C1CCCN(C(=O)c2ncc(F)cc2F)C1. The quantitative estimate of drug-likeness (QED) is 0.803. The Bertz CT molecular complexity index is 790. The largest absolute Gasteiger partial charge is 0.336 e. The van der Waals surface area contributed by atoms with Gasteiger partial charge in [-0.05, 0) is 12.8 Å². The molecule has 1 unspecified atom stereocenters. The van der Waals surface area contributed by atoms with E-state index < -0.39 is 29.2 Å². The standard InChI is InChI=1S/C16H16F2N4O2/c1-21-6-4-19-15(21)14(23)10-3-2-5-22(9-10)16(24)13-12(18)7-11(17)8-20-13/h4,6-8,10H,2-3,5,9H2,1H3. The maximum atomic E-state index is 13.8. The molecule has 8 heteroatoms. The summed E-state index contributed by atoms with van der Waals surface area (Å²) in [4.78, 5) is 33.9.